The van der Waals surface area contributed by atoms with Crippen molar-refractivity contribution in [3.63, 3.8) is 0 Å². The van der Waals surface area contributed by atoms with Crippen molar-refractivity contribution < 1.29 is 13.2 Å². The van der Waals surface area contributed by atoms with E-state index in [-0.39, 0.29) is 41.6 Å². The highest BCUT2D eigenvalue weighted by atomic mass is 32.2. The zero-order valence-electron chi connectivity index (χ0n) is 15.5. The number of rotatable bonds is 7. The summed E-state index contributed by atoms with van der Waals surface area (Å²) in [7, 11) is -3.80. The number of nitriles is 1. The first-order valence-electron chi connectivity index (χ1n) is 9.19. The van der Waals surface area contributed by atoms with Crippen molar-refractivity contribution in [3.05, 3.63) is 30.3 Å². The molecule has 1 atom stereocenters. The van der Waals surface area contributed by atoms with E-state index < -0.39 is 10.0 Å². The second-order valence-corrected chi connectivity index (χ2v) is 8.36. The van der Waals surface area contributed by atoms with Crippen LogP contribution in [0.3, 0.4) is 0 Å². The molecule has 1 aromatic rings. The van der Waals surface area contributed by atoms with Gasteiger partial charge < -0.3 is 10.6 Å². The number of hydrogen-bond acceptors (Lipinski definition) is 4. The fourth-order valence-electron chi connectivity index (χ4n) is 3.40. The molecule has 27 heavy (non-hydrogen) atoms. The number of nitrogens with zero attached hydrogens (tertiary/aromatic N) is 2. The maximum Gasteiger partial charge on any atom is 0.283 e. The van der Waals surface area contributed by atoms with Gasteiger partial charge in [-0.3, -0.25) is 4.79 Å². The van der Waals surface area contributed by atoms with Gasteiger partial charge in [0, 0.05) is 12.5 Å². The fraction of sp³-hybridized carbons (Fsp3) is 0.526. The van der Waals surface area contributed by atoms with Gasteiger partial charge in [0.15, 0.2) is 0 Å². The number of carbonyl (C=O) groups is 1. The highest BCUT2D eigenvalue weighted by Crippen LogP contribution is 2.28. The zero-order chi connectivity index (χ0) is 19.7. The number of amidine groups is 1. The van der Waals surface area contributed by atoms with E-state index in [0.717, 1.165) is 25.7 Å². The Hall–Kier alpha value is -2.40. The molecular formula is C19H26N4O3S. The molecule has 0 spiro atoms. The minimum Gasteiger partial charge on any atom is -0.370 e. The second-order valence-electron chi connectivity index (χ2n) is 6.75. The maximum atomic E-state index is 12.4. The number of amides is 1. The number of sulfonamides is 1. The molecule has 1 fully saturated rings. The Labute approximate surface area is 160 Å². The zero-order valence-corrected chi connectivity index (χ0v) is 16.3. The lowest BCUT2D eigenvalue weighted by molar-refractivity contribution is -0.121. The van der Waals surface area contributed by atoms with Crippen molar-refractivity contribution >= 4 is 21.8 Å². The Bertz CT molecular complexity index is 794. The molecule has 8 heteroatoms. The van der Waals surface area contributed by atoms with Crippen molar-refractivity contribution in [2.45, 2.75) is 56.4 Å². The summed E-state index contributed by atoms with van der Waals surface area (Å²) in [5, 5.41) is 14.3. The van der Waals surface area contributed by atoms with Crippen molar-refractivity contribution in [2.75, 3.05) is 6.54 Å². The normalized spacial score (nSPS) is 17.0. The molecule has 0 aliphatic heterocycles. The topological polar surface area (TPSA) is 111 Å². The summed E-state index contributed by atoms with van der Waals surface area (Å²) in [6.45, 7) is 1.56. The standard InChI is InChI=1S/C19H26N4O3S/c1-15(23-27(25,26)17-10-6-3-7-11-17)22-18(14-19(24)21-13-12-20)16-8-4-2-5-9-16/h3,6-7,10-11,16,18H,2,4-5,8-9,13-14H2,1H3,(H,21,24)(H,22,23). The molecule has 2 rings (SSSR count). The van der Waals surface area contributed by atoms with Crippen LogP contribution in [-0.4, -0.2) is 32.7 Å². The molecular weight excluding hydrogens is 364 g/mol. The van der Waals surface area contributed by atoms with Crippen molar-refractivity contribution in [1.82, 2.24) is 10.6 Å². The van der Waals surface area contributed by atoms with E-state index in [4.69, 9.17) is 5.26 Å². The van der Waals surface area contributed by atoms with Gasteiger partial charge >= 0.3 is 0 Å². The third-order valence-corrected chi connectivity index (χ3v) is 6.06. The van der Waals surface area contributed by atoms with Gasteiger partial charge in [-0.25, -0.2) is 0 Å². The number of nitrogens with one attached hydrogen (secondary N) is 2. The van der Waals surface area contributed by atoms with Gasteiger partial charge in [-0.15, -0.1) is 4.40 Å². The molecule has 1 aliphatic rings. The first kappa shape index (κ1) is 20.9. The Morgan fingerprint density at radius 2 is 1.93 bits per heavy atom. The van der Waals surface area contributed by atoms with Crippen LogP contribution in [0, 0.1) is 17.2 Å². The average molecular weight is 391 g/mol. The van der Waals surface area contributed by atoms with Crippen LogP contribution in [-0.2, 0) is 14.8 Å². The summed E-state index contributed by atoms with van der Waals surface area (Å²) in [5.41, 5.74) is 0. The Morgan fingerprint density at radius 1 is 1.26 bits per heavy atom. The fourth-order valence-corrected chi connectivity index (χ4v) is 4.42. The van der Waals surface area contributed by atoms with Crippen LogP contribution in [0.4, 0.5) is 0 Å². The summed E-state index contributed by atoms with van der Waals surface area (Å²) in [6, 6.07) is 9.72. The smallest absolute Gasteiger partial charge is 0.283 e. The van der Waals surface area contributed by atoms with Crippen LogP contribution in [0.5, 0.6) is 0 Å². The van der Waals surface area contributed by atoms with Crippen LogP contribution in [0.2, 0.25) is 0 Å². The van der Waals surface area contributed by atoms with Gasteiger partial charge in [0.2, 0.25) is 5.91 Å². The molecule has 1 aromatic carbocycles. The third-order valence-electron chi connectivity index (χ3n) is 4.68. The highest BCUT2D eigenvalue weighted by molar-refractivity contribution is 7.90. The van der Waals surface area contributed by atoms with E-state index in [1.165, 1.54) is 18.6 Å². The largest absolute Gasteiger partial charge is 0.370 e. The summed E-state index contributed by atoms with van der Waals surface area (Å²) in [5.74, 6) is 0.317. The van der Waals surface area contributed by atoms with Gasteiger partial charge in [0.25, 0.3) is 10.0 Å². The molecule has 0 saturated heterocycles. The van der Waals surface area contributed by atoms with Crippen molar-refractivity contribution in [1.29, 1.82) is 5.26 Å². The molecule has 1 amide bonds. The Kier molecular flexibility index (Phi) is 7.80. The Balaban J connectivity index is 2.12. The van der Waals surface area contributed by atoms with E-state index in [1.54, 1.807) is 25.1 Å². The van der Waals surface area contributed by atoms with Gasteiger partial charge in [0.05, 0.1) is 11.0 Å². The van der Waals surface area contributed by atoms with Crippen molar-refractivity contribution in [2.24, 2.45) is 10.3 Å². The molecule has 0 heterocycles. The minimum atomic E-state index is -3.80. The monoisotopic (exact) mass is 390 g/mol. The molecule has 0 radical (unpaired) electrons. The molecule has 146 valence electrons. The van der Waals surface area contributed by atoms with Gasteiger partial charge in [-0.05, 0) is 37.8 Å². The lowest BCUT2D eigenvalue weighted by atomic mass is 9.82. The lowest BCUT2D eigenvalue weighted by Crippen LogP contribution is -2.44. The predicted molar refractivity (Wildman–Crippen MR) is 103 cm³/mol. The number of benzene rings is 1. The Morgan fingerprint density at radius 3 is 2.56 bits per heavy atom. The molecule has 1 unspecified atom stereocenters. The van der Waals surface area contributed by atoms with Crippen LogP contribution in [0.1, 0.15) is 45.4 Å². The van der Waals surface area contributed by atoms with Gasteiger partial charge in [-0.1, -0.05) is 37.5 Å². The van der Waals surface area contributed by atoms with Gasteiger partial charge in [-0.2, -0.15) is 13.7 Å². The molecule has 0 bridgehead atoms. The summed E-state index contributed by atoms with van der Waals surface area (Å²) < 4.78 is 28.7. The minimum absolute atomic E-state index is 0.0360. The highest BCUT2D eigenvalue weighted by Gasteiger charge is 2.26. The van der Waals surface area contributed by atoms with Crippen LogP contribution < -0.4 is 10.6 Å². The molecule has 0 aromatic heterocycles. The number of hydrogen-bond donors (Lipinski definition) is 2. The third kappa shape index (κ3) is 6.68. The maximum absolute atomic E-state index is 12.4. The summed E-state index contributed by atoms with van der Waals surface area (Å²) in [4.78, 5) is 12.2. The SMILES string of the molecule is CC(=NS(=O)(=O)c1ccccc1)NC(CC(=O)NCC#N)C1CCCCC1. The first-order chi connectivity index (χ1) is 12.9. The van der Waals surface area contributed by atoms with E-state index in [0.29, 0.717) is 0 Å². The quantitative estimate of drug-likeness (QED) is 0.422. The van der Waals surface area contributed by atoms with Crippen molar-refractivity contribution in [3.8, 4) is 6.07 Å². The van der Waals surface area contributed by atoms with Crippen LogP contribution in [0.15, 0.2) is 39.6 Å². The summed E-state index contributed by atoms with van der Waals surface area (Å²) >= 11 is 0. The van der Waals surface area contributed by atoms with E-state index >= 15 is 0 Å². The molecule has 1 saturated carbocycles. The molecule has 7 nitrogen and oxygen atoms in total. The second kappa shape index (κ2) is 10.1. The lowest BCUT2D eigenvalue weighted by Gasteiger charge is -2.31. The van der Waals surface area contributed by atoms with E-state index in [1.807, 2.05) is 6.07 Å². The van der Waals surface area contributed by atoms with Crippen LogP contribution >= 0.6 is 0 Å². The first-order valence-corrected chi connectivity index (χ1v) is 10.6. The summed E-state index contributed by atoms with van der Waals surface area (Å²) in [6.07, 6.45) is 5.54. The average Bonchev–Trinajstić information content (AvgIpc) is 2.67. The van der Waals surface area contributed by atoms with Crippen LogP contribution in [0.25, 0.3) is 0 Å². The van der Waals surface area contributed by atoms with Gasteiger partial charge in [0.1, 0.15) is 12.4 Å². The molecule has 2 N–H and O–H groups in total. The number of carbonyl (C=O) groups excluding carboxylic acids is 1. The van der Waals surface area contributed by atoms with E-state index in [9.17, 15) is 13.2 Å². The molecule has 1 aliphatic carbocycles. The predicted octanol–water partition coefficient (Wildman–Crippen LogP) is 2.36. The van der Waals surface area contributed by atoms with E-state index in [2.05, 4.69) is 15.0 Å².